The second-order valence-corrected chi connectivity index (χ2v) is 4.33. The van der Waals surface area contributed by atoms with Gasteiger partial charge in [-0.15, -0.1) is 0 Å². The lowest BCUT2D eigenvalue weighted by Gasteiger charge is -2.06. The molecule has 0 aliphatic carbocycles. The van der Waals surface area contributed by atoms with E-state index in [1.54, 1.807) is 4.90 Å². The minimum Gasteiger partial charge on any atom is -0.337 e. The van der Waals surface area contributed by atoms with Gasteiger partial charge in [-0.3, -0.25) is 4.79 Å². The van der Waals surface area contributed by atoms with Crippen LogP contribution in [0, 0.1) is 0 Å². The molecule has 1 atom stereocenters. The number of benzene rings is 1. The number of carbonyl (C=O) groups excluding carboxylic acids is 1. The van der Waals surface area contributed by atoms with Crippen LogP contribution in [-0.4, -0.2) is 23.9 Å². The lowest BCUT2D eigenvalue weighted by molar-refractivity contribution is 0.0816. The largest absolute Gasteiger partial charge is 0.337 e. The van der Waals surface area contributed by atoms with Gasteiger partial charge in [0.15, 0.2) is 0 Å². The Labute approximate surface area is 89.9 Å². The molecule has 15 heavy (non-hydrogen) atoms. The first-order valence-electron chi connectivity index (χ1n) is 5.21. The molecule has 0 radical (unpaired) electrons. The second kappa shape index (κ2) is 3.66. The molecule has 0 fully saturated rings. The maximum Gasteiger partial charge on any atom is 0.254 e. The molecule has 1 aromatic carbocycles. The van der Waals surface area contributed by atoms with E-state index < -0.39 is 0 Å². The highest BCUT2D eigenvalue weighted by atomic mass is 16.2. The summed E-state index contributed by atoms with van der Waals surface area (Å²) in [4.78, 5) is 13.4. The van der Waals surface area contributed by atoms with Gasteiger partial charge in [-0.25, -0.2) is 0 Å². The van der Waals surface area contributed by atoms with Crippen LogP contribution in [0.5, 0.6) is 0 Å². The summed E-state index contributed by atoms with van der Waals surface area (Å²) in [6.45, 7) is 2.71. The number of amides is 1. The number of carbonyl (C=O) groups is 1. The standard InChI is InChI=1S/C12H16N2O/c1-8(13)5-9-3-4-11-10(6-9)7-14(2)12(11)15/h3-4,6,8H,5,7,13H2,1-2H3. The number of hydrogen-bond acceptors (Lipinski definition) is 2. The third-order valence-corrected chi connectivity index (χ3v) is 2.71. The van der Waals surface area contributed by atoms with E-state index in [-0.39, 0.29) is 11.9 Å². The summed E-state index contributed by atoms with van der Waals surface area (Å²) in [7, 11) is 1.83. The molecular weight excluding hydrogens is 188 g/mol. The maximum absolute atomic E-state index is 11.6. The average molecular weight is 204 g/mol. The van der Waals surface area contributed by atoms with Crippen molar-refractivity contribution in [1.29, 1.82) is 0 Å². The first kappa shape index (κ1) is 10.2. The van der Waals surface area contributed by atoms with Crippen molar-refractivity contribution in [1.82, 2.24) is 4.90 Å². The summed E-state index contributed by atoms with van der Waals surface area (Å²) in [6.07, 6.45) is 0.866. The average Bonchev–Trinajstić information content (AvgIpc) is 2.41. The van der Waals surface area contributed by atoms with Crippen molar-refractivity contribution in [3.8, 4) is 0 Å². The molecule has 1 aliphatic rings. The molecular formula is C12H16N2O. The van der Waals surface area contributed by atoms with Crippen LogP contribution in [0.4, 0.5) is 0 Å². The molecule has 1 heterocycles. The molecule has 1 unspecified atom stereocenters. The predicted molar refractivity (Wildman–Crippen MR) is 59.6 cm³/mol. The molecule has 1 amide bonds. The van der Waals surface area contributed by atoms with Crippen LogP contribution in [0.1, 0.15) is 28.4 Å². The van der Waals surface area contributed by atoms with E-state index in [2.05, 4.69) is 6.07 Å². The van der Waals surface area contributed by atoms with Gasteiger partial charge in [0.05, 0.1) is 0 Å². The molecule has 0 aromatic heterocycles. The first-order chi connectivity index (χ1) is 7.08. The first-order valence-corrected chi connectivity index (χ1v) is 5.21. The highest BCUT2D eigenvalue weighted by Crippen LogP contribution is 2.22. The topological polar surface area (TPSA) is 46.3 Å². The fourth-order valence-electron chi connectivity index (χ4n) is 2.02. The maximum atomic E-state index is 11.6. The molecule has 1 aliphatic heterocycles. The fourth-order valence-corrected chi connectivity index (χ4v) is 2.02. The predicted octanol–water partition coefficient (Wildman–Crippen LogP) is 1.16. The van der Waals surface area contributed by atoms with Crippen LogP contribution in [0.2, 0.25) is 0 Å². The normalized spacial score (nSPS) is 16.7. The molecule has 2 N–H and O–H groups in total. The zero-order chi connectivity index (χ0) is 11.0. The molecule has 80 valence electrons. The fraction of sp³-hybridized carbons (Fsp3) is 0.417. The Morgan fingerprint density at radius 1 is 1.53 bits per heavy atom. The number of rotatable bonds is 2. The van der Waals surface area contributed by atoms with Crippen LogP contribution < -0.4 is 5.73 Å². The van der Waals surface area contributed by atoms with Gasteiger partial charge in [-0.1, -0.05) is 12.1 Å². The van der Waals surface area contributed by atoms with E-state index in [4.69, 9.17) is 5.73 Å². The SMILES string of the molecule is CC(N)Cc1ccc2c(c1)CN(C)C2=O. The summed E-state index contributed by atoms with van der Waals surface area (Å²) < 4.78 is 0. The van der Waals surface area contributed by atoms with Crippen LogP contribution in [-0.2, 0) is 13.0 Å². The second-order valence-electron chi connectivity index (χ2n) is 4.33. The highest BCUT2D eigenvalue weighted by molar-refractivity contribution is 5.98. The van der Waals surface area contributed by atoms with E-state index in [0.29, 0.717) is 0 Å². The van der Waals surface area contributed by atoms with Gasteiger partial charge in [0.2, 0.25) is 0 Å². The molecule has 0 saturated carbocycles. The van der Waals surface area contributed by atoms with Crippen molar-refractivity contribution in [3.63, 3.8) is 0 Å². The molecule has 1 aromatic rings. The molecule has 2 rings (SSSR count). The van der Waals surface area contributed by atoms with Crippen LogP contribution in [0.3, 0.4) is 0 Å². The van der Waals surface area contributed by atoms with Gasteiger partial charge in [0.1, 0.15) is 0 Å². The lowest BCUT2D eigenvalue weighted by atomic mass is 10.0. The minimum atomic E-state index is 0.123. The van der Waals surface area contributed by atoms with Crippen molar-refractivity contribution < 1.29 is 4.79 Å². The molecule has 0 saturated heterocycles. The summed E-state index contributed by atoms with van der Waals surface area (Å²) in [6, 6.07) is 6.18. The van der Waals surface area contributed by atoms with E-state index in [9.17, 15) is 4.79 Å². The molecule has 0 spiro atoms. The zero-order valence-electron chi connectivity index (χ0n) is 9.16. The monoisotopic (exact) mass is 204 g/mol. The van der Waals surface area contributed by atoms with Gasteiger partial charge in [0, 0.05) is 25.2 Å². The van der Waals surface area contributed by atoms with E-state index in [1.165, 1.54) is 5.56 Å². The molecule has 0 bridgehead atoms. The summed E-state index contributed by atoms with van der Waals surface area (Å²) in [5.41, 5.74) is 8.93. The van der Waals surface area contributed by atoms with Gasteiger partial charge < -0.3 is 10.6 Å². The highest BCUT2D eigenvalue weighted by Gasteiger charge is 2.23. The van der Waals surface area contributed by atoms with Crippen LogP contribution >= 0.6 is 0 Å². The van der Waals surface area contributed by atoms with Crippen LogP contribution in [0.15, 0.2) is 18.2 Å². The summed E-state index contributed by atoms with van der Waals surface area (Å²) in [5.74, 6) is 0.123. The van der Waals surface area contributed by atoms with E-state index in [0.717, 1.165) is 24.1 Å². The van der Waals surface area contributed by atoms with Crippen molar-refractivity contribution in [3.05, 3.63) is 34.9 Å². The van der Waals surface area contributed by atoms with E-state index >= 15 is 0 Å². The quantitative estimate of drug-likeness (QED) is 0.785. The lowest BCUT2D eigenvalue weighted by Crippen LogP contribution is -2.17. The Bertz CT molecular complexity index is 399. The number of hydrogen-bond donors (Lipinski definition) is 1. The van der Waals surface area contributed by atoms with Crippen molar-refractivity contribution in [2.24, 2.45) is 5.73 Å². The number of fused-ring (bicyclic) bond motifs is 1. The van der Waals surface area contributed by atoms with Crippen LogP contribution in [0.25, 0.3) is 0 Å². The van der Waals surface area contributed by atoms with Gasteiger partial charge >= 0.3 is 0 Å². The van der Waals surface area contributed by atoms with Gasteiger partial charge in [-0.2, -0.15) is 0 Å². The third kappa shape index (κ3) is 1.88. The van der Waals surface area contributed by atoms with Gasteiger partial charge in [-0.05, 0) is 30.5 Å². The van der Waals surface area contributed by atoms with Crippen molar-refractivity contribution in [2.75, 3.05) is 7.05 Å². The Morgan fingerprint density at radius 3 is 2.93 bits per heavy atom. The third-order valence-electron chi connectivity index (χ3n) is 2.71. The molecule has 3 nitrogen and oxygen atoms in total. The Kier molecular flexibility index (Phi) is 2.49. The van der Waals surface area contributed by atoms with E-state index in [1.807, 2.05) is 26.1 Å². The summed E-state index contributed by atoms with van der Waals surface area (Å²) in [5, 5.41) is 0. The number of nitrogens with two attached hydrogens (primary N) is 1. The number of nitrogens with zero attached hydrogens (tertiary/aromatic N) is 1. The zero-order valence-corrected chi connectivity index (χ0v) is 9.16. The molecule has 3 heteroatoms. The summed E-state index contributed by atoms with van der Waals surface area (Å²) >= 11 is 0. The Morgan fingerprint density at radius 2 is 2.27 bits per heavy atom. The van der Waals surface area contributed by atoms with Crippen molar-refractivity contribution >= 4 is 5.91 Å². The Hall–Kier alpha value is -1.35. The minimum absolute atomic E-state index is 0.123. The Balaban J connectivity index is 2.29. The smallest absolute Gasteiger partial charge is 0.254 e. The van der Waals surface area contributed by atoms with Crippen molar-refractivity contribution in [2.45, 2.75) is 25.9 Å². The van der Waals surface area contributed by atoms with Gasteiger partial charge in [0.25, 0.3) is 5.91 Å².